The van der Waals surface area contributed by atoms with Gasteiger partial charge in [0.2, 0.25) is 11.8 Å². The van der Waals surface area contributed by atoms with Gasteiger partial charge in [-0.05, 0) is 12.8 Å². The second kappa shape index (κ2) is 4.61. The Morgan fingerprint density at radius 1 is 1.40 bits per heavy atom. The van der Waals surface area contributed by atoms with E-state index in [0.717, 1.165) is 6.54 Å². The van der Waals surface area contributed by atoms with E-state index in [1.54, 1.807) is 0 Å². The van der Waals surface area contributed by atoms with Crippen molar-refractivity contribution in [1.82, 2.24) is 16.0 Å². The van der Waals surface area contributed by atoms with E-state index in [4.69, 9.17) is 0 Å². The maximum Gasteiger partial charge on any atom is 0.222 e. The Labute approximate surface area is 89.0 Å². The molecule has 0 aromatic heterocycles. The third-order valence-electron chi connectivity index (χ3n) is 2.70. The van der Waals surface area contributed by atoms with Crippen molar-refractivity contribution in [2.24, 2.45) is 0 Å². The molecule has 0 radical (unpaired) electrons. The van der Waals surface area contributed by atoms with Gasteiger partial charge in [0.1, 0.15) is 0 Å². The molecule has 1 heterocycles. The molecule has 0 bridgehead atoms. The first-order valence-corrected chi connectivity index (χ1v) is 5.53. The zero-order valence-electron chi connectivity index (χ0n) is 8.71. The first-order chi connectivity index (χ1) is 7.24. The summed E-state index contributed by atoms with van der Waals surface area (Å²) in [6.45, 7) is 1.31. The van der Waals surface area contributed by atoms with Crippen LogP contribution in [-0.4, -0.2) is 37.0 Å². The zero-order valence-corrected chi connectivity index (χ0v) is 8.71. The summed E-state index contributed by atoms with van der Waals surface area (Å²) in [4.78, 5) is 22.3. The molecule has 84 valence electrons. The summed E-state index contributed by atoms with van der Waals surface area (Å²) < 4.78 is 0. The first-order valence-electron chi connectivity index (χ1n) is 5.53. The fourth-order valence-electron chi connectivity index (χ4n) is 1.68. The lowest BCUT2D eigenvalue weighted by Gasteiger charge is -2.10. The van der Waals surface area contributed by atoms with Gasteiger partial charge >= 0.3 is 0 Å². The molecule has 0 spiro atoms. The zero-order chi connectivity index (χ0) is 10.7. The lowest BCUT2D eigenvalue weighted by Crippen LogP contribution is -2.37. The van der Waals surface area contributed by atoms with Crippen LogP contribution in [0.4, 0.5) is 0 Å². The van der Waals surface area contributed by atoms with Crippen LogP contribution < -0.4 is 16.0 Å². The lowest BCUT2D eigenvalue weighted by atomic mass is 10.2. The Kier molecular flexibility index (Phi) is 3.20. The SMILES string of the molecule is O=C1CC(NC(=O)CCNC2CC2)CN1. The van der Waals surface area contributed by atoms with Crippen molar-refractivity contribution in [3.05, 3.63) is 0 Å². The molecule has 5 nitrogen and oxygen atoms in total. The third kappa shape index (κ3) is 3.51. The second-order valence-corrected chi connectivity index (χ2v) is 4.25. The summed E-state index contributed by atoms with van der Waals surface area (Å²) in [5.74, 6) is 0.0565. The van der Waals surface area contributed by atoms with E-state index in [1.165, 1.54) is 12.8 Å². The molecule has 1 atom stereocenters. The third-order valence-corrected chi connectivity index (χ3v) is 2.70. The predicted molar refractivity (Wildman–Crippen MR) is 55.2 cm³/mol. The standard InChI is InChI=1S/C10H17N3O2/c14-9(3-4-11-7-1-2-7)13-8-5-10(15)12-6-8/h7-8,11H,1-6H2,(H,12,15)(H,13,14). The lowest BCUT2D eigenvalue weighted by molar-refractivity contribution is -0.121. The summed E-state index contributed by atoms with van der Waals surface area (Å²) in [7, 11) is 0. The number of carbonyl (C=O) groups is 2. The van der Waals surface area contributed by atoms with Crippen LogP contribution in [-0.2, 0) is 9.59 Å². The number of rotatable bonds is 5. The number of hydrogen-bond acceptors (Lipinski definition) is 3. The molecule has 2 rings (SSSR count). The molecule has 2 fully saturated rings. The van der Waals surface area contributed by atoms with Gasteiger partial charge in [-0.15, -0.1) is 0 Å². The maximum absolute atomic E-state index is 11.4. The molecular weight excluding hydrogens is 194 g/mol. The molecule has 0 aromatic carbocycles. The second-order valence-electron chi connectivity index (χ2n) is 4.25. The molecular formula is C10H17N3O2. The van der Waals surface area contributed by atoms with Crippen LogP contribution in [0.2, 0.25) is 0 Å². The fourth-order valence-corrected chi connectivity index (χ4v) is 1.68. The Balaban J connectivity index is 1.57. The highest BCUT2D eigenvalue weighted by Crippen LogP contribution is 2.18. The molecule has 1 aliphatic heterocycles. The highest BCUT2D eigenvalue weighted by Gasteiger charge is 2.23. The van der Waals surface area contributed by atoms with Crippen LogP contribution in [0.3, 0.4) is 0 Å². The number of nitrogens with one attached hydrogen (secondary N) is 3. The largest absolute Gasteiger partial charge is 0.354 e. The van der Waals surface area contributed by atoms with Crippen molar-refractivity contribution in [1.29, 1.82) is 0 Å². The topological polar surface area (TPSA) is 70.2 Å². The summed E-state index contributed by atoms with van der Waals surface area (Å²) in [6, 6.07) is 0.637. The highest BCUT2D eigenvalue weighted by atomic mass is 16.2. The molecule has 1 unspecified atom stereocenters. The van der Waals surface area contributed by atoms with E-state index in [0.29, 0.717) is 25.4 Å². The molecule has 5 heteroatoms. The molecule has 1 aliphatic carbocycles. The number of carbonyl (C=O) groups excluding carboxylic acids is 2. The van der Waals surface area contributed by atoms with Crippen molar-refractivity contribution in [2.75, 3.05) is 13.1 Å². The smallest absolute Gasteiger partial charge is 0.222 e. The Morgan fingerprint density at radius 3 is 2.80 bits per heavy atom. The average Bonchev–Trinajstić information content (AvgIpc) is 2.91. The number of hydrogen-bond donors (Lipinski definition) is 3. The van der Waals surface area contributed by atoms with E-state index in [-0.39, 0.29) is 17.9 Å². The number of amides is 2. The molecule has 2 amide bonds. The van der Waals surface area contributed by atoms with Gasteiger partial charge in [0.25, 0.3) is 0 Å². The normalized spacial score (nSPS) is 25.1. The quantitative estimate of drug-likeness (QED) is 0.554. The monoisotopic (exact) mass is 211 g/mol. The van der Waals surface area contributed by atoms with E-state index in [2.05, 4.69) is 16.0 Å². The van der Waals surface area contributed by atoms with Crippen molar-refractivity contribution < 1.29 is 9.59 Å². The van der Waals surface area contributed by atoms with Gasteiger partial charge in [-0.1, -0.05) is 0 Å². The van der Waals surface area contributed by atoms with E-state index in [9.17, 15) is 9.59 Å². The van der Waals surface area contributed by atoms with Crippen molar-refractivity contribution in [2.45, 2.75) is 37.8 Å². The van der Waals surface area contributed by atoms with Gasteiger partial charge in [0.15, 0.2) is 0 Å². The minimum atomic E-state index is -0.00840. The van der Waals surface area contributed by atoms with E-state index < -0.39 is 0 Å². The van der Waals surface area contributed by atoms with Crippen LogP contribution in [0.1, 0.15) is 25.7 Å². The molecule has 0 aromatic rings. The molecule has 2 aliphatic rings. The van der Waals surface area contributed by atoms with Gasteiger partial charge in [-0.25, -0.2) is 0 Å². The molecule has 15 heavy (non-hydrogen) atoms. The maximum atomic E-state index is 11.4. The highest BCUT2D eigenvalue weighted by molar-refractivity contribution is 5.82. The van der Waals surface area contributed by atoms with Gasteiger partial charge in [0, 0.05) is 32.0 Å². The summed E-state index contributed by atoms with van der Waals surface area (Å²) in [5, 5.41) is 8.81. The van der Waals surface area contributed by atoms with Gasteiger partial charge < -0.3 is 16.0 Å². The van der Waals surface area contributed by atoms with Gasteiger partial charge in [0.05, 0.1) is 6.04 Å². The van der Waals surface area contributed by atoms with Crippen LogP contribution in [0.15, 0.2) is 0 Å². The van der Waals surface area contributed by atoms with E-state index >= 15 is 0 Å². The average molecular weight is 211 g/mol. The molecule has 3 N–H and O–H groups in total. The summed E-state index contributed by atoms with van der Waals surface area (Å²) in [5.41, 5.74) is 0. The predicted octanol–water partition coefficient (Wildman–Crippen LogP) is -0.867. The van der Waals surface area contributed by atoms with Crippen molar-refractivity contribution in [3.63, 3.8) is 0 Å². The van der Waals surface area contributed by atoms with E-state index in [1.807, 2.05) is 0 Å². The fraction of sp³-hybridized carbons (Fsp3) is 0.800. The van der Waals surface area contributed by atoms with Gasteiger partial charge in [-0.3, -0.25) is 9.59 Å². The van der Waals surface area contributed by atoms with Crippen molar-refractivity contribution >= 4 is 11.8 Å². The Bertz CT molecular complexity index is 263. The summed E-state index contributed by atoms with van der Waals surface area (Å²) >= 11 is 0. The first kappa shape index (κ1) is 10.4. The van der Waals surface area contributed by atoms with Crippen molar-refractivity contribution in [3.8, 4) is 0 Å². The molecule has 1 saturated carbocycles. The van der Waals surface area contributed by atoms with Gasteiger partial charge in [-0.2, -0.15) is 0 Å². The minimum absolute atomic E-state index is 0.00840. The minimum Gasteiger partial charge on any atom is -0.354 e. The Hall–Kier alpha value is -1.10. The van der Waals surface area contributed by atoms with Crippen LogP contribution in [0, 0.1) is 0 Å². The van der Waals surface area contributed by atoms with Crippen LogP contribution >= 0.6 is 0 Å². The summed E-state index contributed by atoms with van der Waals surface area (Å²) in [6.07, 6.45) is 3.40. The molecule has 1 saturated heterocycles. The van der Waals surface area contributed by atoms with Crippen LogP contribution in [0.5, 0.6) is 0 Å². The van der Waals surface area contributed by atoms with Crippen LogP contribution in [0.25, 0.3) is 0 Å². The Morgan fingerprint density at radius 2 is 2.20 bits per heavy atom.